The van der Waals surface area contributed by atoms with Gasteiger partial charge in [-0.15, -0.1) is 11.3 Å². The van der Waals surface area contributed by atoms with E-state index >= 15 is 0 Å². The van der Waals surface area contributed by atoms with E-state index in [9.17, 15) is 9.18 Å². The Kier molecular flexibility index (Phi) is 3.54. The fraction of sp³-hybridized carbons (Fsp3) is 0.267. The van der Waals surface area contributed by atoms with Crippen LogP contribution in [0.3, 0.4) is 0 Å². The molecule has 1 aliphatic heterocycles. The van der Waals surface area contributed by atoms with Crippen LogP contribution in [0, 0.1) is 11.7 Å². The molecular formula is C15H14FNO2S. The molecule has 1 fully saturated rings. The van der Waals surface area contributed by atoms with E-state index in [4.69, 9.17) is 5.11 Å². The monoisotopic (exact) mass is 291 g/mol. The quantitative estimate of drug-likeness (QED) is 0.941. The lowest BCUT2D eigenvalue weighted by molar-refractivity contribution is -0.147. The zero-order chi connectivity index (χ0) is 14.1. The van der Waals surface area contributed by atoms with Gasteiger partial charge in [-0.25, -0.2) is 4.39 Å². The summed E-state index contributed by atoms with van der Waals surface area (Å²) in [5.74, 6) is -1.21. The number of hydrogen-bond acceptors (Lipinski definition) is 3. The van der Waals surface area contributed by atoms with Crippen LogP contribution in [0.4, 0.5) is 4.39 Å². The topological polar surface area (TPSA) is 40.5 Å². The van der Waals surface area contributed by atoms with Gasteiger partial charge in [0.1, 0.15) is 5.82 Å². The first-order valence-corrected chi connectivity index (χ1v) is 7.29. The average Bonchev–Trinajstić information content (AvgIpc) is 2.88. The van der Waals surface area contributed by atoms with Crippen LogP contribution in [0.25, 0.3) is 10.4 Å². The van der Waals surface area contributed by atoms with E-state index in [2.05, 4.69) is 4.90 Å². The lowest BCUT2D eigenvalue weighted by atomic mass is 9.99. The Balaban J connectivity index is 1.73. The summed E-state index contributed by atoms with van der Waals surface area (Å²) in [5.41, 5.74) is 1.63. The summed E-state index contributed by atoms with van der Waals surface area (Å²) in [5, 5.41) is 10.8. The van der Waals surface area contributed by atoms with Gasteiger partial charge in [0.2, 0.25) is 0 Å². The maximum Gasteiger partial charge on any atom is 0.309 e. The molecular weight excluding hydrogens is 277 g/mol. The Hall–Kier alpha value is -1.72. The molecule has 3 nitrogen and oxygen atoms in total. The minimum Gasteiger partial charge on any atom is -0.481 e. The molecule has 3 rings (SSSR count). The first-order chi connectivity index (χ1) is 9.63. The van der Waals surface area contributed by atoms with Gasteiger partial charge in [-0.2, -0.15) is 0 Å². The lowest BCUT2D eigenvalue weighted by Gasteiger charge is -2.36. The minimum absolute atomic E-state index is 0.219. The van der Waals surface area contributed by atoms with Crippen molar-refractivity contribution in [3.05, 3.63) is 47.1 Å². The van der Waals surface area contributed by atoms with Gasteiger partial charge in [-0.05, 0) is 29.1 Å². The minimum atomic E-state index is -0.736. The normalized spacial score (nSPS) is 16.1. The molecule has 5 heteroatoms. The first-order valence-electron chi connectivity index (χ1n) is 6.41. The zero-order valence-corrected chi connectivity index (χ0v) is 11.6. The number of carbonyl (C=O) groups is 1. The number of carboxylic acid groups (broad SMARTS) is 1. The number of likely N-dealkylation sites (tertiary alicyclic amines) is 1. The molecule has 0 spiro atoms. The van der Waals surface area contributed by atoms with Crippen LogP contribution in [0.5, 0.6) is 0 Å². The second-order valence-corrected chi connectivity index (χ2v) is 5.97. The third-order valence-corrected chi connectivity index (χ3v) is 4.43. The molecule has 1 aliphatic rings. The van der Waals surface area contributed by atoms with Crippen molar-refractivity contribution < 1.29 is 14.3 Å². The van der Waals surface area contributed by atoms with Crippen molar-refractivity contribution in [1.82, 2.24) is 4.90 Å². The summed E-state index contributed by atoms with van der Waals surface area (Å²) in [7, 11) is 0. The fourth-order valence-electron chi connectivity index (χ4n) is 2.40. The molecule has 20 heavy (non-hydrogen) atoms. The predicted octanol–water partition coefficient (Wildman–Crippen LogP) is 3.07. The van der Waals surface area contributed by atoms with E-state index < -0.39 is 5.97 Å². The summed E-state index contributed by atoms with van der Waals surface area (Å²) in [6.07, 6.45) is 0. The van der Waals surface area contributed by atoms with Gasteiger partial charge < -0.3 is 5.11 Å². The van der Waals surface area contributed by atoms with E-state index in [0.717, 1.165) is 10.4 Å². The molecule has 0 saturated carbocycles. The van der Waals surface area contributed by atoms with Gasteiger partial charge in [0.25, 0.3) is 0 Å². The van der Waals surface area contributed by atoms with E-state index in [0.29, 0.717) is 25.2 Å². The SMILES string of the molecule is O=C(O)C1CN(Cc2ccc(F)c(-c3cccs3)c2)C1. The van der Waals surface area contributed by atoms with Gasteiger partial charge in [-0.3, -0.25) is 9.69 Å². The third kappa shape index (κ3) is 2.59. The Bertz CT molecular complexity index is 621. The highest BCUT2D eigenvalue weighted by molar-refractivity contribution is 7.13. The molecule has 0 atom stereocenters. The number of benzene rings is 1. The maximum atomic E-state index is 13.8. The smallest absolute Gasteiger partial charge is 0.309 e. The van der Waals surface area contributed by atoms with Crippen LogP contribution < -0.4 is 0 Å². The maximum absolute atomic E-state index is 13.8. The van der Waals surface area contributed by atoms with E-state index in [1.807, 2.05) is 23.6 Å². The standard InChI is InChI=1S/C15H14FNO2S/c16-13-4-3-10(6-12(13)14-2-1-5-20-14)7-17-8-11(9-17)15(18)19/h1-6,11H,7-9H2,(H,18,19). The Morgan fingerprint density at radius 1 is 1.40 bits per heavy atom. The molecule has 1 aromatic heterocycles. The highest BCUT2D eigenvalue weighted by Crippen LogP contribution is 2.29. The molecule has 1 saturated heterocycles. The van der Waals surface area contributed by atoms with Gasteiger partial charge in [0, 0.05) is 30.1 Å². The highest BCUT2D eigenvalue weighted by Gasteiger charge is 2.32. The van der Waals surface area contributed by atoms with Gasteiger partial charge in [-0.1, -0.05) is 12.1 Å². The van der Waals surface area contributed by atoms with Crippen molar-refractivity contribution in [1.29, 1.82) is 0 Å². The number of thiophene rings is 1. The lowest BCUT2D eigenvalue weighted by Crippen LogP contribution is -2.49. The van der Waals surface area contributed by atoms with E-state index in [1.54, 1.807) is 6.07 Å². The van der Waals surface area contributed by atoms with Crippen molar-refractivity contribution in [3.8, 4) is 10.4 Å². The molecule has 2 aromatic rings. The van der Waals surface area contributed by atoms with Crippen LogP contribution >= 0.6 is 11.3 Å². The van der Waals surface area contributed by atoms with Crippen LogP contribution in [0.15, 0.2) is 35.7 Å². The van der Waals surface area contributed by atoms with Crippen molar-refractivity contribution in [2.45, 2.75) is 6.54 Å². The number of halogens is 1. The number of hydrogen-bond donors (Lipinski definition) is 1. The summed E-state index contributed by atoms with van der Waals surface area (Å²) in [6.45, 7) is 1.81. The van der Waals surface area contributed by atoms with Crippen LogP contribution in [-0.2, 0) is 11.3 Å². The van der Waals surface area contributed by atoms with Crippen LogP contribution in [-0.4, -0.2) is 29.1 Å². The molecule has 0 unspecified atom stereocenters. The first kappa shape index (κ1) is 13.3. The molecule has 0 bridgehead atoms. The van der Waals surface area contributed by atoms with Crippen molar-refractivity contribution >= 4 is 17.3 Å². The molecule has 0 amide bonds. The molecule has 0 radical (unpaired) electrons. The van der Waals surface area contributed by atoms with Crippen molar-refractivity contribution in [2.75, 3.05) is 13.1 Å². The number of rotatable bonds is 4. The van der Waals surface area contributed by atoms with Crippen molar-refractivity contribution in [2.24, 2.45) is 5.92 Å². The molecule has 0 aliphatic carbocycles. The number of aliphatic carboxylic acids is 1. The Morgan fingerprint density at radius 2 is 2.20 bits per heavy atom. The third-order valence-electron chi connectivity index (χ3n) is 3.53. The number of carboxylic acids is 1. The summed E-state index contributed by atoms with van der Waals surface area (Å²) in [4.78, 5) is 13.7. The number of nitrogens with zero attached hydrogens (tertiary/aromatic N) is 1. The second kappa shape index (κ2) is 5.34. The fourth-order valence-corrected chi connectivity index (χ4v) is 3.15. The van der Waals surface area contributed by atoms with Gasteiger partial charge in [0.15, 0.2) is 0 Å². The molecule has 2 heterocycles. The van der Waals surface area contributed by atoms with E-state index in [1.165, 1.54) is 17.4 Å². The molecule has 1 aromatic carbocycles. The molecule has 104 valence electrons. The van der Waals surface area contributed by atoms with E-state index in [-0.39, 0.29) is 11.7 Å². The summed E-state index contributed by atoms with van der Waals surface area (Å²) in [6, 6.07) is 8.91. The van der Waals surface area contributed by atoms with Crippen LogP contribution in [0.1, 0.15) is 5.56 Å². The van der Waals surface area contributed by atoms with Gasteiger partial charge >= 0.3 is 5.97 Å². The average molecular weight is 291 g/mol. The predicted molar refractivity (Wildman–Crippen MR) is 76.1 cm³/mol. The van der Waals surface area contributed by atoms with Gasteiger partial charge in [0.05, 0.1) is 5.92 Å². The second-order valence-electron chi connectivity index (χ2n) is 5.02. The zero-order valence-electron chi connectivity index (χ0n) is 10.8. The van der Waals surface area contributed by atoms with Crippen LogP contribution in [0.2, 0.25) is 0 Å². The summed E-state index contributed by atoms with van der Waals surface area (Å²) >= 11 is 1.51. The summed E-state index contributed by atoms with van der Waals surface area (Å²) < 4.78 is 13.8. The molecule has 1 N–H and O–H groups in total. The largest absolute Gasteiger partial charge is 0.481 e. The highest BCUT2D eigenvalue weighted by atomic mass is 32.1. The Labute approximate surface area is 120 Å². The van der Waals surface area contributed by atoms with Crippen molar-refractivity contribution in [3.63, 3.8) is 0 Å². The Morgan fingerprint density at radius 3 is 2.85 bits per heavy atom.